The van der Waals surface area contributed by atoms with E-state index < -0.39 is 11.2 Å². The largest absolute Gasteiger partial charge is 0.458 e. The van der Waals surface area contributed by atoms with Gasteiger partial charge in [-0.1, -0.05) is 28.1 Å². The monoisotopic (exact) mass is 371 g/mol. The fourth-order valence-corrected chi connectivity index (χ4v) is 2.74. The Labute approximate surface area is 139 Å². The van der Waals surface area contributed by atoms with Gasteiger partial charge in [0.05, 0.1) is 13.2 Å². The number of halogens is 1. The molecule has 1 N–H and O–H groups in total. The van der Waals surface area contributed by atoms with Gasteiger partial charge in [-0.2, -0.15) is 5.48 Å². The molecule has 0 amide bonds. The number of hydrogen-bond donors (Lipinski definition) is 1. The molecule has 1 saturated heterocycles. The van der Waals surface area contributed by atoms with Crippen molar-refractivity contribution in [3.8, 4) is 0 Å². The first-order valence-electron chi connectivity index (χ1n) is 7.27. The summed E-state index contributed by atoms with van der Waals surface area (Å²) in [7, 11) is 0. The van der Waals surface area contributed by atoms with Crippen LogP contribution >= 0.6 is 15.9 Å². The van der Waals surface area contributed by atoms with E-state index in [0.29, 0.717) is 19.6 Å². The second kappa shape index (κ2) is 7.08. The van der Waals surface area contributed by atoms with Crippen LogP contribution in [0.1, 0.15) is 32.8 Å². The van der Waals surface area contributed by atoms with Crippen molar-refractivity contribution in [3.63, 3.8) is 0 Å². The van der Waals surface area contributed by atoms with E-state index in [4.69, 9.17) is 14.3 Å². The molecule has 1 aliphatic rings. The molecule has 1 unspecified atom stereocenters. The van der Waals surface area contributed by atoms with Crippen LogP contribution in [0.2, 0.25) is 0 Å². The Morgan fingerprint density at radius 3 is 2.82 bits per heavy atom. The lowest BCUT2D eigenvalue weighted by atomic mass is 9.90. The molecule has 0 aliphatic carbocycles. The van der Waals surface area contributed by atoms with Crippen LogP contribution in [-0.2, 0) is 24.7 Å². The predicted octanol–water partition coefficient (Wildman–Crippen LogP) is 2.93. The van der Waals surface area contributed by atoms with Gasteiger partial charge >= 0.3 is 5.97 Å². The average molecular weight is 372 g/mol. The van der Waals surface area contributed by atoms with E-state index in [1.807, 2.05) is 45.0 Å². The number of nitrogens with one attached hydrogen (secondary N) is 1. The molecule has 1 aromatic rings. The Bertz CT molecular complexity index is 521. The summed E-state index contributed by atoms with van der Waals surface area (Å²) in [5, 5.41) is 0. The van der Waals surface area contributed by atoms with Gasteiger partial charge in [0.1, 0.15) is 17.8 Å². The molecule has 6 heteroatoms. The molecular weight excluding hydrogens is 350 g/mol. The van der Waals surface area contributed by atoms with E-state index >= 15 is 0 Å². The summed E-state index contributed by atoms with van der Waals surface area (Å²) in [5.41, 5.74) is 2.76. The first kappa shape index (κ1) is 17.4. The molecule has 122 valence electrons. The average Bonchev–Trinajstić information content (AvgIpc) is 2.44. The lowest BCUT2D eigenvalue weighted by molar-refractivity contribution is -0.178. The van der Waals surface area contributed by atoms with Crippen LogP contribution in [-0.4, -0.2) is 31.3 Å². The van der Waals surface area contributed by atoms with E-state index in [-0.39, 0.29) is 12.6 Å². The van der Waals surface area contributed by atoms with Crippen LogP contribution < -0.4 is 5.48 Å². The molecule has 1 fully saturated rings. The number of hydroxylamine groups is 1. The van der Waals surface area contributed by atoms with Crippen molar-refractivity contribution in [2.75, 3.05) is 19.8 Å². The van der Waals surface area contributed by atoms with E-state index in [0.717, 1.165) is 10.0 Å². The fraction of sp³-hybridized carbons (Fsp3) is 0.562. The maximum absolute atomic E-state index is 11.9. The van der Waals surface area contributed by atoms with Crippen molar-refractivity contribution in [3.05, 3.63) is 34.3 Å². The first-order chi connectivity index (χ1) is 10.3. The minimum absolute atomic E-state index is 0.0918. The van der Waals surface area contributed by atoms with Gasteiger partial charge in [-0.05, 0) is 38.5 Å². The van der Waals surface area contributed by atoms with Crippen LogP contribution in [0.25, 0.3) is 0 Å². The van der Waals surface area contributed by atoms with Gasteiger partial charge in [0.2, 0.25) is 0 Å². The van der Waals surface area contributed by atoms with Crippen molar-refractivity contribution < 1.29 is 19.1 Å². The summed E-state index contributed by atoms with van der Waals surface area (Å²) >= 11 is 3.47. The van der Waals surface area contributed by atoms with E-state index in [1.165, 1.54) is 0 Å². The molecule has 0 spiro atoms. The maximum Gasteiger partial charge on any atom is 0.332 e. The summed E-state index contributed by atoms with van der Waals surface area (Å²) in [5.74, 6) is -0.367. The highest BCUT2D eigenvalue weighted by molar-refractivity contribution is 9.10. The minimum atomic E-state index is -0.598. The van der Waals surface area contributed by atoms with Crippen molar-refractivity contribution in [1.29, 1.82) is 0 Å². The Morgan fingerprint density at radius 1 is 1.45 bits per heavy atom. The number of carbonyl (C=O) groups is 1. The van der Waals surface area contributed by atoms with Gasteiger partial charge in [0, 0.05) is 10.9 Å². The van der Waals surface area contributed by atoms with Crippen molar-refractivity contribution in [2.45, 2.75) is 38.4 Å². The Hall–Kier alpha value is -0.950. The molecule has 2 rings (SSSR count). The van der Waals surface area contributed by atoms with Gasteiger partial charge in [-0.25, -0.2) is 4.79 Å². The molecule has 1 heterocycles. The number of ether oxygens (including phenoxy) is 2. The summed E-state index contributed by atoms with van der Waals surface area (Å²) in [6, 6.07) is 7.90. The second-order valence-corrected chi connectivity index (χ2v) is 7.22. The van der Waals surface area contributed by atoms with Crippen LogP contribution in [0, 0.1) is 0 Å². The Balaban J connectivity index is 2.11. The summed E-state index contributed by atoms with van der Waals surface area (Å²) in [6.07, 6.45) is 0.666. The van der Waals surface area contributed by atoms with Gasteiger partial charge in [0.25, 0.3) is 0 Å². The summed E-state index contributed by atoms with van der Waals surface area (Å²) in [4.78, 5) is 17.1. The SMILES string of the molecule is CC(C)(C)OC(=O)COC1(c2cccc(Br)c2)CCONC1. The minimum Gasteiger partial charge on any atom is -0.458 e. The number of rotatable bonds is 4. The van der Waals surface area contributed by atoms with Crippen molar-refractivity contribution >= 4 is 21.9 Å². The molecule has 5 nitrogen and oxygen atoms in total. The third-order valence-electron chi connectivity index (χ3n) is 3.30. The summed E-state index contributed by atoms with van der Waals surface area (Å²) in [6.45, 7) is 6.42. The third-order valence-corrected chi connectivity index (χ3v) is 3.80. The van der Waals surface area contributed by atoms with E-state index in [9.17, 15) is 4.79 Å². The van der Waals surface area contributed by atoms with Gasteiger partial charge in [-0.15, -0.1) is 0 Å². The zero-order valence-electron chi connectivity index (χ0n) is 13.1. The molecule has 0 radical (unpaired) electrons. The van der Waals surface area contributed by atoms with Crippen molar-refractivity contribution in [1.82, 2.24) is 5.48 Å². The molecule has 1 aromatic carbocycles. The molecule has 0 bridgehead atoms. The van der Waals surface area contributed by atoms with Gasteiger partial charge < -0.3 is 14.3 Å². The van der Waals surface area contributed by atoms with E-state index in [1.54, 1.807) is 0 Å². The lowest BCUT2D eigenvalue weighted by Gasteiger charge is -2.37. The van der Waals surface area contributed by atoms with Crippen LogP contribution in [0.3, 0.4) is 0 Å². The Kier molecular flexibility index (Phi) is 5.60. The fourth-order valence-electron chi connectivity index (χ4n) is 2.34. The van der Waals surface area contributed by atoms with Crippen LogP contribution in [0.15, 0.2) is 28.7 Å². The number of carbonyl (C=O) groups excluding carboxylic acids is 1. The topological polar surface area (TPSA) is 56.8 Å². The Morgan fingerprint density at radius 2 is 2.23 bits per heavy atom. The zero-order chi connectivity index (χ0) is 16.2. The molecule has 1 atom stereocenters. The molecule has 0 aromatic heterocycles. The van der Waals surface area contributed by atoms with Crippen molar-refractivity contribution in [2.24, 2.45) is 0 Å². The van der Waals surface area contributed by atoms with Crippen LogP contribution in [0.4, 0.5) is 0 Å². The zero-order valence-corrected chi connectivity index (χ0v) is 14.7. The second-order valence-electron chi connectivity index (χ2n) is 6.30. The number of hydrogen-bond acceptors (Lipinski definition) is 5. The quantitative estimate of drug-likeness (QED) is 0.824. The third kappa shape index (κ3) is 4.78. The lowest BCUT2D eigenvalue weighted by Crippen LogP contribution is -2.47. The molecule has 1 aliphatic heterocycles. The maximum atomic E-state index is 11.9. The summed E-state index contributed by atoms with van der Waals surface area (Å²) < 4.78 is 12.3. The van der Waals surface area contributed by atoms with Gasteiger partial charge in [-0.3, -0.25) is 0 Å². The molecule has 22 heavy (non-hydrogen) atoms. The number of esters is 1. The van der Waals surface area contributed by atoms with Gasteiger partial charge in [0.15, 0.2) is 0 Å². The highest BCUT2D eigenvalue weighted by Gasteiger charge is 2.37. The van der Waals surface area contributed by atoms with E-state index in [2.05, 4.69) is 21.4 Å². The number of benzene rings is 1. The standard InChI is InChI=1S/C16H22BrNO4/c1-15(2,3)22-14(19)10-20-16(7-8-21-18-11-16)12-5-4-6-13(17)9-12/h4-6,9,18H,7-8,10-11H2,1-3H3. The predicted molar refractivity (Wildman–Crippen MR) is 86.2 cm³/mol. The molecule has 0 saturated carbocycles. The van der Waals surface area contributed by atoms with Crippen LogP contribution in [0.5, 0.6) is 0 Å². The highest BCUT2D eigenvalue weighted by atomic mass is 79.9. The first-order valence-corrected chi connectivity index (χ1v) is 8.07. The highest BCUT2D eigenvalue weighted by Crippen LogP contribution is 2.32. The normalized spacial score (nSPS) is 22.4. The smallest absolute Gasteiger partial charge is 0.332 e. The molecular formula is C16H22BrNO4.